The zero-order chi connectivity index (χ0) is 14.8. The maximum absolute atomic E-state index is 11.5. The molecule has 0 bridgehead atoms. The van der Waals surface area contributed by atoms with E-state index < -0.39 is 0 Å². The number of carbonyl (C=O) groups is 1. The summed E-state index contributed by atoms with van der Waals surface area (Å²) in [7, 11) is 0. The standard InChI is InChI=1S/C13H12ClN3O2S2/c1-2-19-12(18)7-21-13-16-15-11-6-20-10-5-8(14)3-4-9(10)17(11)13/h3-5H,2,6-7H2,1H3. The minimum Gasteiger partial charge on any atom is -0.465 e. The van der Waals surface area contributed by atoms with Gasteiger partial charge in [0, 0.05) is 9.92 Å². The SMILES string of the molecule is CCOC(=O)CSc1nnc2n1-c1ccc(Cl)cc1SC2. The van der Waals surface area contributed by atoms with Crippen molar-refractivity contribution in [1.82, 2.24) is 14.8 Å². The Morgan fingerprint density at radius 1 is 1.52 bits per heavy atom. The highest BCUT2D eigenvalue weighted by Crippen LogP contribution is 2.38. The van der Waals surface area contributed by atoms with E-state index in [0.717, 1.165) is 22.2 Å². The summed E-state index contributed by atoms with van der Waals surface area (Å²) in [6.45, 7) is 2.17. The number of benzene rings is 1. The molecule has 0 aliphatic carbocycles. The van der Waals surface area contributed by atoms with Gasteiger partial charge in [-0.15, -0.1) is 22.0 Å². The molecule has 0 saturated carbocycles. The van der Waals surface area contributed by atoms with Gasteiger partial charge in [-0.2, -0.15) is 0 Å². The van der Waals surface area contributed by atoms with Crippen molar-refractivity contribution < 1.29 is 9.53 Å². The van der Waals surface area contributed by atoms with E-state index in [2.05, 4.69) is 10.2 Å². The zero-order valence-corrected chi connectivity index (χ0v) is 13.6. The minimum absolute atomic E-state index is 0.224. The molecular formula is C13H12ClN3O2S2. The lowest BCUT2D eigenvalue weighted by atomic mass is 10.3. The maximum atomic E-state index is 11.5. The van der Waals surface area contributed by atoms with Crippen LogP contribution in [0.25, 0.3) is 5.69 Å². The molecule has 5 nitrogen and oxygen atoms in total. The van der Waals surface area contributed by atoms with E-state index in [9.17, 15) is 4.79 Å². The van der Waals surface area contributed by atoms with Crippen LogP contribution in [0.4, 0.5) is 0 Å². The van der Waals surface area contributed by atoms with Gasteiger partial charge in [-0.05, 0) is 25.1 Å². The van der Waals surface area contributed by atoms with Crippen molar-refractivity contribution in [2.45, 2.75) is 22.7 Å². The van der Waals surface area contributed by atoms with Crippen molar-refractivity contribution in [1.29, 1.82) is 0 Å². The molecule has 1 aliphatic rings. The Balaban J connectivity index is 1.88. The Hall–Kier alpha value is -1.18. The molecule has 0 atom stereocenters. The van der Waals surface area contributed by atoms with Crippen LogP contribution in [0.5, 0.6) is 0 Å². The second-order valence-electron chi connectivity index (χ2n) is 4.23. The van der Waals surface area contributed by atoms with Crippen molar-refractivity contribution >= 4 is 41.1 Å². The number of hydrogen-bond acceptors (Lipinski definition) is 6. The fourth-order valence-corrected chi connectivity index (χ4v) is 3.97. The highest BCUT2D eigenvalue weighted by Gasteiger charge is 2.22. The molecular weight excluding hydrogens is 330 g/mol. The molecule has 1 aromatic heterocycles. The van der Waals surface area contributed by atoms with Crippen LogP contribution in [-0.4, -0.2) is 33.1 Å². The van der Waals surface area contributed by atoms with E-state index in [-0.39, 0.29) is 11.7 Å². The first-order chi connectivity index (χ1) is 10.2. The molecule has 0 fully saturated rings. The summed E-state index contributed by atoms with van der Waals surface area (Å²) in [4.78, 5) is 12.6. The summed E-state index contributed by atoms with van der Waals surface area (Å²) in [6, 6.07) is 5.73. The van der Waals surface area contributed by atoms with E-state index in [1.165, 1.54) is 11.8 Å². The summed E-state index contributed by atoms with van der Waals surface area (Å²) < 4.78 is 6.91. The van der Waals surface area contributed by atoms with Gasteiger partial charge in [-0.3, -0.25) is 9.36 Å². The molecule has 0 spiro atoms. The third-order valence-electron chi connectivity index (χ3n) is 2.84. The van der Waals surface area contributed by atoms with Crippen LogP contribution in [-0.2, 0) is 15.3 Å². The number of thioether (sulfide) groups is 2. The first-order valence-electron chi connectivity index (χ1n) is 6.34. The van der Waals surface area contributed by atoms with Gasteiger partial charge in [0.2, 0.25) is 0 Å². The first-order valence-corrected chi connectivity index (χ1v) is 8.69. The number of fused-ring (bicyclic) bond motifs is 3. The molecule has 110 valence electrons. The number of rotatable bonds is 4. The highest BCUT2D eigenvalue weighted by molar-refractivity contribution is 8.00. The number of aromatic nitrogens is 3. The van der Waals surface area contributed by atoms with E-state index in [4.69, 9.17) is 16.3 Å². The van der Waals surface area contributed by atoms with Crippen molar-refractivity contribution in [3.8, 4) is 5.69 Å². The Morgan fingerprint density at radius 3 is 3.19 bits per heavy atom. The van der Waals surface area contributed by atoms with Crippen LogP contribution < -0.4 is 0 Å². The fraction of sp³-hybridized carbons (Fsp3) is 0.308. The number of esters is 1. The van der Waals surface area contributed by atoms with Gasteiger partial charge in [-0.1, -0.05) is 23.4 Å². The summed E-state index contributed by atoms with van der Waals surface area (Å²) in [5.74, 6) is 1.59. The van der Waals surface area contributed by atoms with Crippen LogP contribution in [0.15, 0.2) is 28.3 Å². The summed E-state index contributed by atoms with van der Waals surface area (Å²) in [5, 5.41) is 9.76. The van der Waals surface area contributed by atoms with Gasteiger partial charge in [0.1, 0.15) is 5.82 Å². The third-order valence-corrected chi connectivity index (χ3v) is 5.02. The minimum atomic E-state index is -0.249. The predicted octanol–water partition coefficient (Wildman–Crippen LogP) is 3.18. The average Bonchev–Trinajstić information content (AvgIpc) is 2.88. The van der Waals surface area contributed by atoms with Gasteiger partial charge in [0.15, 0.2) is 5.16 Å². The summed E-state index contributed by atoms with van der Waals surface area (Å²) >= 11 is 9.05. The Kier molecular flexibility index (Phi) is 4.42. The smallest absolute Gasteiger partial charge is 0.316 e. The largest absolute Gasteiger partial charge is 0.465 e. The Labute approximate surface area is 135 Å². The lowest BCUT2D eigenvalue weighted by Crippen LogP contribution is -2.10. The normalized spacial score (nSPS) is 12.7. The zero-order valence-electron chi connectivity index (χ0n) is 11.2. The third kappa shape index (κ3) is 3.04. The van der Waals surface area contributed by atoms with Gasteiger partial charge in [-0.25, -0.2) is 0 Å². The maximum Gasteiger partial charge on any atom is 0.316 e. The molecule has 0 unspecified atom stereocenters. The van der Waals surface area contributed by atoms with Crippen LogP contribution in [0.1, 0.15) is 12.7 Å². The molecule has 2 aromatic rings. The number of carbonyl (C=O) groups excluding carboxylic acids is 1. The number of hydrogen-bond donors (Lipinski definition) is 0. The van der Waals surface area contributed by atoms with Gasteiger partial charge < -0.3 is 4.74 Å². The monoisotopic (exact) mass is 341 g/mol. The van der Waals surface area contributed by atoms with Gasteiger partial charge in [0.05, 0.1) is 23.8 Å². The van der Waals surface area contributed by atoms with Crippen LogP contribution in [0.3, 0.4) is 0 Å². The molecule has 0 saturated heterocycles. The number of nitrogens with zero attached hydrogens (tertiary/aromatic N) is 3. The Morgan fingerprint density at radius 2 is 2.38 bits per heavy atom. The van der Waals surface area contributed by atoms with Crippen LogP contribution in [0.2, 0.25) is 5.02 Å². The van der Waals surface area contributed by atoms with Crippen molar-refractivity contribution in [2.75, 3.05) is 12.4 Å². The second kappa shape index (κ2) is 6.29. The lowest BCUT2D eigenvalue weighted by molar-refractivity contribution is -0.139. The molecule has 8 heteroatoms. The van der Waals surface area contributed by atoms with Crippen LogP contribution in [0, 0.1) is 0 Å². The highest BCUT2D eigenvalue weighted by atomic mass is 35.5. The molecule has 1 aliphatic heterocycles. The molecule has 0 radical (unpaired) electrons. The van der Waals surface area contributed by atoms with E-state index in [0.29, 0.717) is 16.8 Å². The quantitative estimate of drug-likeness (QED) is 0.629. The molecule has 2 heterocycles. The average molecular weight is 342 g/mol. The number of ether oxygens (including phenoxy) is 1. The molecule has 3 rings (SSSR count). The Bertz CT molecular complexity index is 690. The first kappa shape index (κ1) is 14.7. The molecule has 0 amide bonds. The van der Waals surface area contributed by atoms with E-state index in [1.54, 1.807) is 18.7 Å². The van der Waals surface area contributed by atoms with E-state index in [1.807, 2.05) is 22.8 Å². The predicted molar refractivity (Wildman–Crippen MR) is 83.3 cm³/mol. The lowest BCUT2D eigenvalue weighted by Gasteiger charge is -2.18. The van der Waals surface area contributed by atoms with Crippen LogP contribution >= 0.6 is 35.1 Å². The van der Waals surface area contributed by atoms with Crippen molar-refractivity contribution in [2.24, 2.45) is 0 Å². The summed E-state index contributed by atoms with van der Waals surface area (Å²) in [6.07, 6.45) is 0. The van der Waals surface area contributed by atoms with Gasteiger partial charge >= 0.3 is 5.97 Å². The molecule has 1 aromatic carbocycles. The van der Waals surface area contributed by atoms with Crippen molar-refractivity contribution in [3.63, 3.8) is 0 Å². The number of halogens is 1. The fourth-order valence-electron chi connectivity index (χ4n) is 1.99. The molecule has 0 N–H and O–H groups in total. The topological polar surface area (TPSA) is 57.0 Å². The molecule has 21 heavy (non-hydrogen) atoms. The van der Waals surface area contributed by atoms with E-state index >= 15 is 0 Å². The van der Waals surface area contributed by atoms with Crippen molar-refractivity contribution in [3.05, 3.63) is 29.0 Å². The summed E-state index contributed by atoms with van der Waals surface area (Å²) in [5.41, 5.74) is 1.00. The second-order valence-corrected chi connectivity index (χ2v) is 6.62. The van der Waals surface area contributed by atoms with Gasteiger partial charge in [0.25, 0.3) is 0 Å².